The van der Waals surface area contributed by atoms with E-state index in [4.69, 9.17) is 22.7 Å². The fraction of sp³-hybridized carbons (Fsp3) is 0.846. The Bertz CT molecular complexity index is 301. The van der Waals surface area contributed by atoms with Crippen LogP contribution in [0.3, 0.4) is 0 Å². The van der Waals surface area contributed by atoms with Gasteiger partial charge in [0.15, 0.2) is 0 Å². The molecule has 0 aromatic rings. The van der Waals surface area contributed by atoms with Crippen molar-refractivity contribution in [3.05, 3.63) is 0 Å². The van der Waals surface area contributed by atoms with Crippen LogP contribution in [0.5, 0.6) is 0 Å². The predicted molar refractivity (Wildman–Crippen MR) is 76.4 cm³/mol. The van der Waals surface area contributed by atoms with E-state index in [0.29, 0.717) is 24.7 Å². The molecule has 5 heteroatoms. The minimum atomic E-state index is -0.600. The lowest BCUT2D eigenvalue weighted by Gasteiger charge is -2.38. The second-order valence-corrected chi connectivity index (χ2v) is 5.32. The zero-order valence-electron chi connectivity index (χ0n) is 11.4. The molecule has 18 heavy (non-hydrogen) atoms. The molecule has 4 nitrogen and oxygen atoms in total. The van der Waals surface area contributed by atoms with Gasteiger partial charge >= 0.3 is 0 Å². The molecular formula is C13H24N2O2S. The van der Waals surface area contributed by atoms with E-state index in [0.717, 1.165) is 25.7 Å². The standard InChI is InChI=1S/C13H24N2O2S/c1-3-15(9-10-17-2)12(16)13(11(14)18)7-5-4-6-8-13/h3-10H2,1-2H3,(H2,14,18). The van der Waals surface area contributed by atoms with E-state index in [-0.39, 0.29) is 5.91 Å². The van der Waals surface area contributed by atoms with Crippen LogP contribution in [0.2, 0.25) is 0 Å². The average Bonchev–Trinajstić information content (AvgIpc) is 2.40. The summed E-state index contributed by atoms with van der Waals surface area (Å²) in [5, 5.41) is 0. The highest BCUT2D eigenvalue weighted by Crippen LogP contribution is 2.38. The summed E-state index contributed by atoms with van der Waals surface area (Å²) in [5.74, 6) is 0.0919. The predicted octanol–water partition coefficient (Wildman–Crippen LogP) is 1.72. The van der Waals surface area contributed by atoms with Crippen LogP contribution in [-0.2, 0) is 9.53 Å². The van der Waals surface area contributed by atoms with Crippen molar-refractivity contribution in [1.29, 1.82) is 0 Å². The lowest BCUT2D eigenvalue weighted by Crippen LogP contribution is -2.52. The number of nitrogens with zero attached hydrogens (tertiary/aromatic N) is 1. The summed E-state index contributed by atoms with van der Waals surface area (Å²) in [5.41, 5.74) is 5.28. The van der Waals surface area contributed by atoms with Gasteiger partial charge in [-0.25, -0.2) is 0 Å². The molecule has 0 atom stereocenters. The summed E-state index contributed by atoms with van der Waals surface area (Å²) in [7, 11) is 1.64. The summed E-state index contributed by atoms with van der Waals surface area (Å²) in [6.45, 7) is 3.80. The van der Waals surface area contributed by atoms with Crippen LogP contribution in [0.1, 0.15) is 39.0 Å². The third kappa shape index (κ3) is 3.20. The Morgan fingerprint density at radius 2 is 2.00 bits per heavy atom. The number of likely N-dealkylation sites (N-methyl/N-ethyl adjacent to an activating group) is 1. The molecule has 0 heterocycles. The number of hydrogen-bond acceptors (Lipinski definition) is 3. The molecular weight excluding hydrogens is 248 g/mol. The monoisotopic (exact) mass is 272 g/mol. The third-order valence-corrected chi connectivity index (χ3v) is 4.21. The van der Waals surface area contributed by atoms with E-state index < -0.39 is 5.41 Å². The Kier molecular flexibility index (Phi) is 6.02. The minimum Gasteiger partial charge on any atom is -0.392 e. The first kappa shape index (κ1) is 15.4. The SMILES string of the molecule is CCN(CCOC)C(=O)C1(C(N)=S)CCCCC1. The van der Waals surface area contributed by atoms with Crippen molar-refractivity contribution in [3.63, 3.8) is 0 Å². The Hall–Kier alpha value is -0.680. The number of methoxy groups -OCH3 is 1. The summed E-state index contributed by atoms with van der Waals surface area (Å²) < 4.78 is 5.05. The van der Waals surface area contributed by atoms with Crippen LogP contribution in [0, 0.1) is 5.41 Å². The summed E-state index contributed by atoms with van der Waals surface area (Å²) in [6, 6.07) is 0. The number of ether oxygens (including phenoxy) is 1. The Balaban J connectivity index is 2.83. The second-order valence-electron chi connectivity index (χ2n) is 4.88. The number of hydrogen-bond donors (Lipinski definition) is 1. The fourth-order valence-electron chi connectivity index (χ4n) is 2.63. The summed E-state index contributed by atoms with van der Waals surface area (Å²) in [4.78, 5) is 14.9. The summed E-state index contributed by atoms with van der Waals surface area (Å²) in [6.07, 6.45) is 4.83. The molecule has 1 fully saturated rings. The quantitative estimate of drug-likeness (QED) is 0.748. The molecule has 0 aromatic heterocycles. The van der Waals surface area contributed by atoms with E-state index in [2.05, 4.69) is 0 Å². The Morgan fingerprint density at radius 1 is 1.39 bits per heavy atom. The fourth-order valence-corrected chi connectivity index (χ4v) is 2.92. The number of rotatable bonds is 6. The van der Waals surface area contributed by atoms with Gasteiger partial charge in [0.1, 0.15) is 0 Å². The van der Waals surface area contributed by atoms with Gasteiger partial charge < -0.3 is 15.4 Å². The van der Waals surface area contributed by atoms with Gasteiger partial charge in [-0.15, -0.1) is 0 Å². The maximum absolute atomic E-state index is 12.7. The maximum Gasteiger partial charge on any atom is 0.235 e. The molecule has 0 spiro atoms. The van der Waals surface area contributed by atoms with Gasteiger partial charge in [0.05, 0.1) is 17.0 Å². The average molecular weight is 272 g/mol. The van der Waals surface area contributed by atoms with Crippen LogP contribution < -0.4 is 5.73 Å². The highest BCUT2D eigenvalue weighted by Gasteiger charge is 2.44. The number of nitrogens with two attached hydrogens (primary N) is 1. The topological polar surface area (TPSA) is 55.6 Å². The zero-order valence-corrected chi connectivity index (χ0v) is 12.2. The van der Waals surface area contributed by atoms with Gasteiger partial charge in [0.2, 0.25) is 5.91 Å². The first-order valence-electron chi connectivity index (χ1n) is 6.66. The molecule has 1 aliphatic rings. The van der Waals surface area contributed by atoms with Gasteiger partial charge in [-0.3, -0.25) is 4.79 Å². The van der Waals surface area contributed by atoms with Gasteiger partial charge in [0, 0.05) is 20.2 Å². The van der Waals surface area contributed by atoms with Crippen LogP contribution in [0.15, 0.2) is 0 Å². The lowest BCUT2D eigenvalue weighted by atomic mass is 9.73. The number of amides is 1. The molecule has 1 rings (SSSR count). The molecule has 0 bridgehead atoms. The molecule has 0 saturated heterocycles. The Labute approximate surface area is 115 Å². The smallest absolute Gasteiger partial charge is 0.235 e. The molecule has 0 unspecified atom stereocenters. The van der Waals surface area contributed by atoms with E-state index in [9.17, 15) is 4.79 Å². The zero-order chi connectivity index (χ0) is 13.6. The normalized spacial score (nSPS) is 18.3. The first-order chi connectivity index (χ1) is 8.58. The molecule has 1 aliphatic carbocycles. The van der Waals surface area contributed by atoms with Crippen molar-refractivity contribution in [2.75, 3.05) is 26.8 Å². The van der Waals surface area contributed by atoms with Crippen LogP contribution in [0.4, 0.5) is 0 Å². The molecule has 1 saturated carbocycles. The van der Waals surface area contributed by atoms with Crippen LogP contribution in [0.25, 0.3) is 0 Å². The molecule has 0 radical (unpaired) electrons. The van der Waals surface area contributed by atoms with Gasteiger partial charge in [-0.05, 0) is 19.8 Å². The van der Waals surface area contributed by atoms with Crippen molar-refractivity contribution >= 4 is 23.1 Å². The third-order valence-electron chi connectivity index (χ3n) is 3.82. The molecule has 0 aliphatic heterocycles. The number of carbonyl (C=O) groups excluding carboxylic acids is 1. The molecule has 104 valence electrons. The highest BCUT2D eigenvalue weighted by molar-refractivity contribution is 7.80. The number of thiocarbonyl (C=S) groups is 1. The van der Waals surface area contributed by atoms with E-state index in [1.165, 1.54) is 6.42 Å². The van der Waals surface area contributed by atoms with Gasteiger partial charge in [-0.1, -0.05) is 31.5 Å². The van der Waals surface area contributed by atoms with Crippen molar-refractivity contribution < 1.29 is 9.53 Å². The number of carbonyl (C=O) groups is 1. The Morgan fingerprint density at radius 3 is 2.44 bits per heavy atom. The van der Waals surface area contributed by atoms with E-state index in [1.807, 2.05) is 11.8 Å². The maximum atomic E-state index is 12.7. The van der Waals surface area contributed by atoms with Crippen molar-refractivity contribution in [2.24, 2.45) is 11.1 Å². The largest absolute Gasteiger partial charge is 0.392 e. The van der Waals surface area contributed by atoms with E-state index >= 15 is 0 Å². The highest BCUT2D eigenvalue weighted by atomic mass is 32.1. The summed E-state index contributed by atoms with van der Waals surface area (Å²) >= 11 is 5.18. The minimum absolute atomic E-state index is 0.0919. The lowest BCUT2D eigenvalue weighted by molar-refractivity contribution is -0.140. The molecule has 0 aromatic carbocycles. The van der Waals surface area contributed by atoms with Gasteiger partial charge in [0.25, 0.3) is 0 Å². The second kappa shape index (κ2) is 7.04. The van der Waals surface area contributed by atoms with Crippen molar-refractivity contribution in [2.45, 2.75) is 39.0 Å². The molecule has 1 amide bonds. The first-order valence-corrected chi connectivity index (χ1v) is 7.07. The van der Waals surface area contributed by atoms with Crippen molar-refractivity contribution in [1.82, 2.24) is 4.90 Å². The van der Waals surface area contributed by atoms with Crippen molar-refractivity contribution in [3.8, 4) is 0 Å². The molecule has 2 N–H and O–H groups in total. The van der Waals surface area contributed by atoms with E-state index in [1.54, 1.807) is 7.11 Å². The van der Waals surface area contributed by atoms with Crippen LogP contribution >= 0.6 is 12.2 Å². The van der Waals surface area contributed by atoms with Gasteiger partial charge in [-0.2, -0.15) is 0 Å². The van der Waals surface area contributed by atoms with Crippen LogP contribution in [-0.4, -0.2) is 42.6 Å².